The maximum Gasteiger partial charge on any atom is 0.348 e. The van der Waals surface area contributed by atoms with Crippen LogP contribution in [0.4, 0.5) is 5.69 Å². The second-order valence-electron chi connectivity index (χ2n) is 7.88. The van der Waals surface area contributed by atoms with E-state index in [1.807, 2.05) is 6.92 Å². The van der Waals surface area contributed by atoms with Crippen LogP contribution < -0.4 is 4.90 Å². The highest BCUT2D eigenvalue weighted by Crippen LogP contribution is 2.36. The van der Waals surface area contributed by atoms with Crippen LogP contribution >= 0.6 is 11.3 Å². The molecule has 1 aliphatic heterocycles. The number of carbonyl (C=O) groups excluding carboxylic acids is 2. The number of aromatic carboxylic acids is 1. The lowest BCUT2D eigenvalue weighted by Crippen LogP contribution is -2.51. The Morgan fingerprint density at radius 1 is 1.25 bits per heavy atom. The molecule has 1 saturated heterocycles. The van der Waals surface area contributed by atoms with E-state index in [2.05, 4.69) is 13.0 Å². The molecular formula is C21H28N2O4S. The van der Waals surface area contributed by atoms with Gasteiger partial charge in [0.15, 0.2) is 0 Å². The van der Waals surface area contributed by atoms with E-state index in [-0.39, 0.29) is 22.6 Å². The number of anilines is 1. The molecule has 2 heterocycles. The fraction of sp³-hybridized carbons (Fsp3) is 0.571. The molecule has 1 fully saturated rings. The Kier molecular flexibility index (Phi) is 6.23. The van der Waals surface area contributed by atoms with Crippen LogP contribution in [0.5, 0.6) is 0 Å². The summed E-state index contributed by atoms with van der Waals surface area (Å²) in [5.41, 5.74) is 1.65. The van der Waals surface area contributed by atoms with Crippen molar-refractivity contribution >= 4 is 34.8 Å². The van der Waals surface area contributed by atoms with Gasteiger partial charge in [-0.2, -0.15) is 0 Å². The molecule has 0 spiro atoms. The number of hydrogen-bond donors (Lipinski definition) is 1. The third kappa shape index (κ3) is 4.14. The van der Waals surface area contributed by atoms with Crippen LogP contribution in [0.15, 0.2) is 17.7 Å². The third-order valence-corrected chi connectivity index (χ3v) is 6.74. The monoisotopic (exact) mass is 404 g/mol. The summed E-state index contributed by atoms with van der Waals surface area (Å²) in [6, 6.07) is 1.10. The van der Waals surface area contributed by atoms with E-state index in [0.29, 0.717) is 25.1 Å². The lowest BCUT2D eigenvalue weighted by molar-refractivity contribution is -0.133. The molecule has 3 rings (SSSR count). The van der Waals surface area contributed by atoms with Crippen molar-refractivity contribution in [2.24, 2.45) is 5.92 Å². The summed E-state index contributed by atoms with van der Waals surface area (Å²) in [5, 5.41) is 9.69. The quantitative estimate of drug-likeness (QED) is 0.774. The Hall–Kier alpha value is -2.15. The zero-order chi connectivity index (χ0) is 20.4. The van der Waals surface area contributed by atoms with Gasteiger partial charge in [0.1, 0.15) is 10.9 Å². The van der Waals surface area contributed by atoms with Gasteiger partial charge in [-0.1, -0.05) is 11.6 Å². The molecule has 0 radical (unpaired) electrons. The second kappa shape index (κ2) is 8.47. The zero-order valence-corrected chi connectivity index (χ0v) is 17.6. The molecule has 28 heavy (non-hydrogen) atoms. The number of carbonyl (C=O) groups is 3. The fourth-order valence-corrected chi connectivity index (χ4v) is 4.92. The van der Waals surface area contributed by atoms with Crippen molar-refractivity contribution in [2.45, 2.75) is 58.4 Å². The summed E-state index contributed by atoms with van der Waals surface area (Å²) < 4.78 is 0. The van der Waals surface area contributed by atoms with Crippen molar-refractivity contribution in [3.8, 4) is 0 Å². The highest BCUT2D eigenvalue weighted by atomic mass is 32.1. The van der Waals surface area contributed by atoms with Crippen molar-refractivity contribution in [1.29, 1.82) is 0 Å². The normalized spacial score (nSPS) is 23.2. The molecule has 6 nitrogen and oxygen atoms in total. The van der Waals surface area contributed by atoms with Gasteiger partial charge in [0.25, 0.3) is 0 Å². The van der Waals surface area contributed by atoms with Gasteiger partial charge < -0.3 is 10.0 Å². The van der Waals surface area contributed by atoms with E-state index >= 15 is 0 Å². The van der Waals surface area contributed by atoms with Crippen molar-refractivity contribution in [1.82, 2.24) is 4.90 Å². The molecule has 2 amide bonds. The van der Waals surface area contributed by atoms with Crippen LogP contribution in [0.2, 0.25) is 0 Å². The first-order valence-electron chi connectivity index (χ1n) is 9.87. The Morgan fingerprint density at radius 2 is 2.00 bits per heavy atom. The Labute approximate surface area is 169 Å². The van der Waals surface area contributed by atoms with Crippen LogP contribution in [0.1, 0.15) is 60.0 Å². The van der Waals surface area contributed by atoms with Crippen LogP contribution in [0, 0.1) is 12.8 Å². The smallest absolute Gasteiger partial charge is 0.348 e. The summed E-state index contributed by atoms with van der Waals surface area (Å²) in [5.74, 6) is -1.50. The number of hydrogen-bond acceptors (Lipinski definition) is 4. The molecule has 2 atom stereocenters. The first-order chi connectivity index (χ1) is 13.3. The van der Waals surface area contributed by atoms with Crippen molar-refractivity contribution in [3.63, 3.8) is 0 Å². The van der Waals surface area contributed by atoms with E-state index in [1.165, 1.54) is 10.5 Å². The largest absolute Gasteiger partial charge is 0.477 e. The average Bonchev–Trinajstić information content (AvgIpc) is 2.97. The molecule has 7 heteroatoms. The third-order valence-electron chi connectivity index (χ3n) is 5.71. The van der Waals surface area contributed by atoms with Gasteiger partial charge in [-0.05, 0) is 58.4 Å². The van der Waals surface area contributed by atoms with E-state index in [4.69, 9.17) is 0 Å². The van der Waals surface area contributed by atoms with Gasteiger partial charge in [0, 0.05) is 24.4 Å². The number of carboxylic acid groups (broad SMARTS) is 1. The van der Waals surface area contributed by atoms with Gasteiger partial charge >= 0.3 is 5.97 Å². The Balaban J connectivity index is 2.05. The second-order valence-corrected chi connectivity index (χ2v) is 9.13. The molecule has 1 N–H and O–H groups in total. The molecule has 0 aromatic carbocycles. The molecule has 1 aromatic heterocycles. The maximum atomic E-state index is 13.6. The maximum absolute atomic E-state index is 13.6. The van der Waals surface area contributed by atoms with E-state index < -0.39 is 12.0 Å². The summed E-state index contributed by atoms with van der Waals surface area (Å²) in [6.45, 7) is 4.56. The number of aryl methyl sites for hydroxylation is 1. The molecule has 152 valence electrons. The topological polar surface area (TPSA) is 77.9 Å². The Morgan fingerprint density at radius 3 is 2.64 bits per heavy atom. The van der Waals surface area contributed by atoms with E-state index in [0.717, 1.165) is 41.9 Å². The van der Waals surface area contributed by atoms with Crippen molar-refractivity contribution in [3.05, 3.63) is 27.5 Å². The van der Waals surface area contributed by atoms with Crippen molar-refractivity contribution < 1.29 is 19.5 Å². The highest BCUT2D eigenvalue weighted by Gasteiger charge is 2.39. The Bertz CT molecular complexity index is 813. The summed E-state index contributed by atoms with van der Waals surface area (Å²) in [4.78, 5) is 42.6. The predicted molar refractivity (Wildman–Crippen MR) is 110 cm³/mol. The van der Waals surface area contributed by atoms with Gasteiger partial charge in [-0.3, -0.25) is 14.5 Å². The van der Waals surface area contributed by atoms with Gasteiger partial charge in [-0.15, -0.1) is 11.3 Å². The number of allylic oxidation sites excluding steroid dienone is 2. The number of carboxylic acids is 1. The summed E-state index contributed by atoms with van der Waals surface area (Å²) in [6.07, 6.45) is 6.60. The number of nitrogens with zero attached hydrogens (tertiary/aromatic N) is 2. The van der Waals surface area contributed by atoms with Crippen molar-refractivity contribution in [2.75, 3.05) is 18.5 Å². The molecule has 1 aliphatic carbocycles. The first kappa shape index (κ1) is 20.6. The lowest BCUT2D eigenvalue weighted by Gasteiger charge is -2.35. The summed E-state index contributed by atoms with van der Waals surface area (Å²) >= 11 is 1.16. The lowest BCUT2D eigenvalue weighted by atomic mass is 9.88. The van der Waals surface area contributed by atoms with Gasteiger partial charge in [0.05, 0.1) is 5.69 Å². The standard InChI is InChI=1S/C21H28N2O4S/c1-13-7-9-15(10-8-13)19(24)23(16-6-4-5-11-22(3)20(16)25)17-12-14(2)28-18(17)21(26)27/h7,12,15-16H,4-6,8-11H2,1-3H3,(H,26,27). The molecule has 2 aliphatic rings. The fourth-order valence-electron chi connectivity index (χ4n) is 4.07. The average molecular weight is 405 g/mol. The van der Waals surface area contributed by atoms with Crippen LogP contribution in [0.25, 0.3) is 0 Å². The van der Waals surface area contributed by atoms with E-state index in [1.54, 1.807) is 18.0 Å². The van der Waals surface area contributed by atoms with Crippen LogP contribution in [-0.4, -0.2) is 47.4 Å². The summed E-state index contributed by atoms with van der Waals surface area (Å²) in [7, 11) is 1.76. The van der Waals surface area contributed by atoms with Gasteiger partial charge in [-0.25, -0.2) is 4.79 Å². The zero-order valence-electron chi connectivity index (χ0n) is 16.7. The molecule has 0 bridgehead atoms. The number of likely N-dealkylation sites (tertiary alicyclic amines) is 1. The first-order valence-corrected chi connectivity index (χ1v) is 10.7. The minimum atomic E-state index is -1.06. The predicted octanol–water partition coefficient (Wildman–Crippen LogP) is 3.85. The number of likely N-dealkylation sites (N-methyl/N-ethyl adjacent to an activating group) is 1. The number of amides is 2. The molecular weight excluding hydrogens is 376 g/mol. The van der Waals surface area contributed by atoms with Gasteiger partial charge in [0.2, 0.25) is 11.8 Å². The van der Waals surface area contributed by atoms with Crippen LogP contribution in [-0.2, 0) is 9.59 Å². The number of thiophene rings is 1. The highest BCUT2D eigenvalue weighted by molar-refractivity contribution is 7.14. The molecule has 2 unspecified atom stereocenters. The number of rotatable bonds is 4. The SMILES string of the molecule is CC1=CCC(C(=O)N(c2cc(C)sc2C(=O)O)C2CCCCN(C)C2=O)CC1. The minimum Gasteiger partial charge on any atom is -0.477 e. The van der Waals surface area contributed by atoms with E-state index in [9.17, 15) is 19.5 Å². The molecule has 1 aromatic rings. The minimum absolute atomic E-state index is 0.103. The van der Waals surface area contributed by atoms with Crippen LogP contribution in [0.3, 0.4) is 0 Å². The molecule has 0 saturated carbocycles.